The lowest BCUT2D eigenvalue weighted by molar-refractivity contribution is 0.107. The van der Waals surface area contributed by atoms with Gasteiger partial charge in [-0.1, -0.05) is 36.3 Å². The number of nitrogens with zero attached hydrogens (tertiary/aromatic N) is 5. The fourth-order valence-electron chi connectivity index (χ4n) is 8.03. The number of aromatic hydroxyl groups is 1. The van der Waals surface area contributed by atoms with Crippen LogP contribution in [0, 0.1) is 18.2 Å². The smallest absolute Gasteiger partial charge is 0.319 e. The number of aliphatic imine (C=N–C) groups is 1. The van der Waals surface area contributed by atoms with Crippen molar-refractivity contribution in [3.63, 3.8) is 0 Å². The fourth-order valence-corrected chi connectivity index (χ4v) is 8.03. The Bertz CT molecular complexity index is 2010. The van der Waals surface area contributed by atoms with Crippen molar-refractivity contribution in [2.75, 3.05) is 44.8 Å². The Balaban J connectivity index is 1.41. The molecule has 2 bridgehead atoms. The van der Waals surface area contributed by atoms with Crippen molar-refractivity contribution in [2.45, 2.75) is 49.7 Å². The Labute approximate surface area is 278 Å². The van der Waals surface area contributed by atoms with Crippen LogP contribution in [0.3, 0.4) is 0 Å². The Hall–Kier alpha value is -4.79. The minimum absolute atomic E-state index is 0.00442. The van der Waals surface area contributed by atoms with Gasteiger partial charge in [-0.05, 0) is 61.5 Å². The van der Waals surface area contributed by atoms with E-state index in [1.54, 1.807) is 0 Å². The molecule has 2 atom stereocenters. The lowest BCUT2D eigenvalue weighted by atomic mass is 9.92. The molecule has 4 aliphatic rings. The average molecular weight is 653 g/mol. The van der Waals surface area contributed by atoms with Gasteiger partial charge in [-0.3, -0.25) is 4.90 Å². The number of phenolic OH excluding ortho intramolecular Hbond substituents is 1. The van der Waals surface area contributed by atoms with Crippen molar-refractivity contribution in [1.29, 1.82) is 0 Å². The molecule has 4 fully saturated rings. The number of fused-ring (bicyclic) bond motifs is 4. The van der Waals surface area contributed by atoms with Gasteiger partial charge in [0.2, 0.25) is 5.88 Å². The summed E-state index contributed by atoms with van der Waals surface area (Å²) < 4.78 is 43.9. The normalized spacial score (nSPS) is 22.8. The first-order valence-electron chi connectivity index (χ1n) is 16.1. The van der Waals surface area contributed by atoms with Crippen LogP contribution in [0.2, 0.25) is 0 Å². The lowest BCUT2D eigenvalue weighted by Crippen LogP contribution is -2.54. The van der Waals surface area contributed by atoms with Gasteiger partial charge in [-0.15, -0.1) is 6.42 Å². The molecule has 48 heavy (non-hydrogen) atoms. The number of aromatic nitrogens is 2. The molecule has 7 rings (SSSR count). The van der Waals surface area contributed by atoms with E-state index in [0.29, 0.717) is 29.7 Å². The van der Waals surface area contributed by atoms with Gasteiger partial charge < -0.3 is 24.8 Å². The van der Waals surface area contributed by atoms with Crippen LogP contribution < -0.4 is 25.5 Å². The van der Waals surface area contributed by atoms with Crippen LogP contribution >= 0.6 is 0 Å². The zero-order chi connectivity index (χ0) is 33.7. The summed E-state index contributed by atoms with van der Waals surface area (Å²) in [6.07, 6.45) is 8.88. The number of terminal acetylenes is 1. The maximum absolute atomic E-state index is 17.0. The summed E-state index contributed by atoms with van der Waals surface area (Å²) >= 11 is 0. The van der Waals surface area contributed by atoms with E-state index >= 15 is 4.39 Å². The number of piperazine rings is 1. The van der Waals surface area contributed by atoms with Crippen LogP contribution in [0.4, 0.5) is 14.6 Å². The minimum atomic E-state index is -0.697. The molecule has 2 N–H and O–H groups in total. The van der Waals surface area contributed by atoms with E-state index in [9.17, 15) is 9.50 Å². The summed E-state index contributed by atoms with van der Waals surface area (Å²) in [5.41, 5.74) is 2.19. The van der Waals surface area contributed by atoms with Gasteiger partial charge in [0, 0.05) is 50.1 Å². The first-order valence-corrected chi connectivity index (χ1v) is 16.1. The first kappa shape index (κ1) is 31.8. The number of phenols is 1. The second-order valence-electron chi connectivity index (χ2n) is 13.3. The molecule has 0 aliphatic carbocycles. The SMILES string of the molecule is C#Cc1c(F)ccc2cc(O)cc(C/C(F)=c3/nc(OCC45CC(=C)CN4CC(=C)C5)nc(N4CC5CCC(C4)N5)/c3=C(/N=C)OC)c12. The van der Waals surface area contributed by atoms with Crippen LogP contribution in [0.25, 0.3) is 22.5 Å². The number of halogens is 2. The highest BCUT2D eigenvalue weighted by molar-refractivity contribution is 5.93. The van der Waals surface area contributed by atoms with Crippen molar-refractivity contribution in [2.24, 2.45) is 4.99 Å². The van der Waals surface area contributed by atoms with Crippen molar-refractivity contribution in [1.82, 2.24) is 20.2 Å². The highest BCUT2D eigenvalue weighted by atomic mass is 19.1. The molecule has 0 spiro atoms. The van der Waals surface area contributed by atoms with Gasteiger partial charge in [-0.25, -0.2) is 13.8 Å². The number of rotatable bonds is 8. The van der Waals surface area contributed by atoms with Gasteiger partial charge in [0.25, 0.3) is 0 Å². The van der Waals surface area contributed by atoms with Gasteiger partial charge in [-0.2, -0.15) is 9.97 Å². The van der Waals surface area contributed by atoms with E-state index in [0.717, 1.165) is 49.9 Å². The van der Waals surface area contributed by atoms with E-state index in [4.69, 9.17) is 20.9 Å². The summed E-state index contributed by atoms with van der Waals surface area (Å²) in [4.78, 5) is 18.1. The standard InChI is InChI=1S/C37H38F2N6O3/c1-6-28-29(38)10-7-23-11-27(46)12-24(31(23)28)13-30(39)33-32(35(40-4)47-5)34(44-18-25-8-9-26(19-44)41-25)43-36(42-33)48-20-37-14-21(2)16-45(37)17-22(3)15-37/h1,7,10-12,25-26,41,46H,2-4,8-9,13-20H2,5H3/b33-30-,35-32-. The highest BCUT2D eigenvalue weighted by Gasteiger charge is 2.48. The molecule has 0 amide bonds. The summed E-state index contributed by atoms with van der Waals surface area (Å²) in [6, 6.07) is 6.07. The van der Waals surface area contributed by atoms with E-state index in [2.05, 4.69) is 50.9 Å². The molecule has 3 aromatic rings. The van der Waals surface area contributed by atoms with E-state index in [1.807, 2.05) is 0 Å². The predicted molar refractivity (Wildman–Crippen MR) is 182 cm³/mol. The fraction of sp³-hybridized carbons (Fsp3) is 0.378. The molecule has 248 valence electrons. The molecule has 0 saturated carbocycles. The maximum Gasteiger partial charge on any atom is 0.319 e. The predicted octanol–water partition coefficient (Wildman–Crippen LogP) is 3.47. The number of hydrogen-bond acceptors (Lipinski definition) is 9. The molecule has 4 saturated heterocycles. The molecular formula is C37H38F2N6O3. The second-order valence-corrected chi connectivity index (χ2v) is 13.3. The Morgan fingerprint density at radius 1 is 1.17 bits per heavy atom. The van der Waals surface area contributed by atoms with Crippen molar-refractivity contribution in [3.05, 3.63) is 76.1 Å². The molecule has 2 unspecified atom stereocenters. The molecule has 9 nitrogen and oxygen atoms in total. The van der Waals surface area contributed by atoms with Crippen LogP contribution in [0.15, 0.2) is 53.6 Å². The van der Waals surface area contributed by atoms with Crippen LogP contribution in [0.1, 0.15) is 36.8 Å². The second kappa shape index (κ2) is 12.3. The zero-order valence-electron chi connectivity index (χ0n) is 27.0. The zero-order valence-corrected chi connectivity index (χ0v) is 27.0. The van der Waals surface area contributed by atoms with Gasteiger partial charge in [0.15, 0.2) is 0 Å². The number of methoxy groups -OCH3 is 1. The summed E-state index contributed by atoms with van der Waals surface area (Å²) in [7, 11) is 1.43. The van der Waals surface area contributed by atoms with Gasteiger partial charge in [0.1, 0.15) is 40.4 Å². The lowest BCUT2D eigenvalue weighted by Gasteiger charge is -2.34. The minimum Gasteiger partial charge on any atom is -0.508 e. The molecule has 0 radical (unpaired) electrons. The van der Waals surface area contributed by atoms with E-state index in [-0.39, 0.29) is 70.0 Å². The molecule has 1 aromatic heterocycles. The molecule has 4 aliphatic heterocycles. The van der Waals surface area contributed by atoms with E-state index < -0.39 is 11.6 Å². The molecule has 11 heteroatoms. The maximum atomic E-state index is 17.0. The number of ether oxygens (including phenoxy) is 2. The third kappa shape index (κ3) is 5.59. The largest absolute Gasteiger partial charge is 0.508 e. The molecule has 5 heterocycles. The number of anilines is 1. The van der Waals surface area contributed by atoms with Gasteiger partial charge >= 0.3 is 6.01 Å². The summed E-state index contributed by atoms with van der Waals surface area (Å²) in [6.45, 7) is 15.2. The van der Waals surface area contributed by atoms with Crippen LogP contribution in [-0.4, -0.2) is 84.2 Å². The molecule has 2 aromatic carbocycles. The number of hydrogen-bond donors (Lipinski definition) is 2. The number of nitrogens with one attached hydrogen (secondary N) is 1. The van der Waals surface area contributed by atoms with Crippen molar-refractivity contribution >= 4 is 35.0 Å². The van der Waals surface area contributed by atoms with Crippen LogP contribution in [-0.2, 0) is 11.2 Å². The van der Waals surface area contributed by atoms with Crippen molar-refractivity contribution < 1.29 is 23.4 Å². The van der Waals surface area contributed by atoms with Crippen molar-refractivity contribution in [3.8, 4) is 24.1 Å². The first-order chi connectivity index (χ1) is 23.1. The highest BCUT2D eigenvalue weighted by Crippen LogP contribution is 2.42. The Morgan fingerprint density at radius 2 is 1.88 bits per heavy atom. The van der Waals surface area contributed by atoms with Crippen LogP contribution in [0.5, 0.6) is 11.8 Å². The summed E-state index contributed by atoms with van der Waals surface area (Å²) in [5.74, 6) is 1.44. The van der Waals surface area contributed by atoms with E-state index in [1.165, 1.54) is 31.4 Å². The van der Waals surface area contributed by atoms with Gasteiger partial charge in [0.05, 0.1) is 18.2 Å². The topological polar surface area (TPSA) is 95.3 Å². The number of benzene rings is 2. The monoisotopic (exact) mass is 652 g/mol. The Kier molecular flexibility index (Phi) is 8.17. The summed E-state index contributed by atoms with van der Waals surface area (Å²) in [5, 5.41) is 15.1. The molecular weight excluding hydrogens is 614 g/mol. The average Bonchev–Trinajstić information content (AvgIpc) is 3.66. The third-order valence-corrected chi connectivity index (χ3v) is 9.94. The Morgan fingerprint density at radius 3 is 2.52 bits per heavy atom. The quantitative estimate of drug-likeness (QED) is 0.217. The third-order valence-electron chi connectivity index (χ3n) is 9.94.